The lowest BCUT2D eigenvalue weighted by atomic mass is 9.98. The smallest absolute Gasteiger partial charge is 0.177 e. The minimum Gasteiger partial charge on any atom is -0.382 e. The number of nitrogens with two attached hydrogens (primary N) is 1. The van der Waals surface area contributed by atoms with Crippen LogP contribution in [-0.4, -0.2) is 23.0 Å². The molecule has 0 saturated heterocycles. The molecule has 54 valence electrons. The van der Waals surface area contributed by atoms with Crippen LogP contribution in [0, 0.1) is 0 Å². The number of hydrogen-bond acceptors (Lipinski definition) is 3. The van der Waals surface area contributed by atoms with E-state index >= 15 is 0 Å². The SMILES string of the molecule is CC[C@](C)(O)C(=O)CN. The van der Waals surface area contributed by atoms with E-state index in [1.165, 1.54) is 6.92 Å². The van der Waals surface area contributed by atoms with E-state index in [0.29, 0.717) is 6.42 Å². The summed E-state index contributed by atoms with van der Waals surface area (Å²) in [5, 5.41) is 9.16. The van der Waals surface area contributed by atoms with Crippen molar-refractivity contribution in [1.29, 1.82) is 0 Å². The van der Waals surface area contributed by atoms with E-state index in [1.54, 1.807) is 6.92 Å². The van der Waals surface area contributed by atoms with Crippen LogP contribution in [-0.2, 0) is 4.79 Å². The van der Waals surface area contributed by atoms with Crippen molar-refractivity contribution in [3.63, 3.8) is 0 Å². The molecule has 9 heavy (non-hydrogen) atoms. The van der Waals surface area contributed by atoms with Crippen LogP contribution in [0.3, 0.4) is 0 Å². The van der Waals surface area contributed by atoms with E-state index in [4.69, 9.17) is 10.8 Å². The average Bonchev–Trinajstić information content (AvgIpc) is 1.86. The van der Waals surface area contributed by atoms with Gasteiger partial charge in [0.1, 0.15) is 5.60 Å². The first-order valence-corrected chi connectivity index (χ1v) is 3.00. The second-order valence-electron chi connectivity index (χ2n) is 2.25. The van der Waals surface area contributed by atoms with Gasteiger partial charge < -0.3 is 10.8 Å². The van der Waals surface area contributed by atoms with Crippen molar-refractivity contribution < 1.29 is 9.90 Å². The highest BCUT2D eigenvalue weighted by Crippen LogP contribution is 2.07. The van der Waals surface area contributed by atoms with Crippen molar-refractivity contribution in [2.24, 2.45) is 5.73 Å². The molecule has 0 rings (SSSR count). The lowest BCUT2D eigenvalue weighted by molar-refractivity contribution is -0.134. The van der Waals surface area contributed by atoms with Gasteiger partial charge in [-0.1, -0.05) is 6.92 Å². The average molecular weight is 131 g/mol. The van der Waals surface area contributed by atoms with Crippen LogP contribution in [0.1, 0.15) is 20.3 Å². The van der Waals surface area contributed by atoms with Crippen molar-refractivity contribution in [1.82, 2.24) is 0 Å². The summed E-state index contributed by atoms with van der Waals surface area (Å²) in [5.74, 6) is -0.301. The lowest BCUT2D eigenvalue weighted by Gasteiger charge is -2.17. The third kappa shape index (κ3) is 2.11. The molecule has 0 saturated carbocycles. The Morgan fingerprint density at radius 3 is 2.33 bits per heavy atom. The largest absolute Gasteiger partial charge is 0.382 e. The molecule has 0 bridgehead atoms. The Labute approximate surface area is 54.9 Å². The molecule has 0 aromatic rings. The first-order chi connectivity index (χ1) is 4.04. The molecule has 3 N–H and O–H groups in total. The summed E-state index contributed by atoms with van der Waals surface area (Å²) in [4.78, 5) is 10.7. The second kappa shape index (κ2) is 2.94. The molecule has 1 atom stereocenters. The van der Waals surface area contributed by atoms with Crippen LogP contribution in [0.5, 0.6) is 0 Å². The summed E-state index contributed by atoms with van der Waals surface area (Å²) in [6, 6.07) is 0. The Morgan fingerprint density at radius 2 is 2.22 bits per heavy atom. The third-order valence-electron chi connectivity index (χ3n) is 1.47. The maximum atomic E-state index is 10.7. The quantitative estimate of drug-likeness (QED) is 0.551. The summed E-state index contributed by atoms with van der Waals surface area (Å²) in [7, 11) is 0. The highest BCUT2D eigenvalue weighted by molar-refractivity contribution is 5.88. The summed E-state index contributed by atoms with van der Waals surface area (Å²) in [6.07, 6.45) is 0.420. The molecule has 0 amide bonds. The zero-order chi connectivity index (χ0) is 7.49. The maximum Gasteiger partial charge on any atom is 0.177 e. The molecule has 0 radical (unpaired) electrons. The van der Waals surface area contributed by atoms with E-state index in [9.17, 15) is 4.79 Å². The second-order valence-corrected chi connectivity index (χ2v) is 2.25. The monoisotopic (exact) mass is 131 g/mol. The van der Waals surface area contributed by atoms with Crippen LogP contribution in [0.25, 0.3) is 0 Å². The number of carbonyl (C=O) groups is 1. The number of ketones is 1. The predicted molar refractivity (Wildman–Crippen MR) is 35.0 cm³/mol. The molecule has 0 unspecified atom stereocenters. The molecule has 0 aliphatic rings. The van der Waals surface area contributed by atoms with Gasteiger partial charge in [0.05, 0.1) is 6.54 Å². The van der Waals surface area contributed by atoms with Crippen molar-refractivity contribution in [2.75, 3.05) is 6.54 Å². The van der Waals surface area contributed by atoms with Gasteiger partial charge >= 0.3 is 0 Å². The lowest BCUT2D eigenvalue weighted by Crippen LogP contribution is -2.38. The molecule has 0 aliphatic carbocycles. The number of carbonyl (C=O) groups excluding carboxylic acids is 1. The number of aliphatic hydroxyl groups is 1. The zero-order valence-corrected chi connectivity index (χ0v) is 5.85. The summed E-state index contributed by atoms with van der Waals surface area (Å²) in [5.41, 5.74) is 3.81. The molecular weight excluding hydrogens is 118 g/mol. The zero-order valence-electron chi connectivity index (χ0n) is 5.85. The minimum atomic E-state index is -1.21. The first-order valence-electron chi connectivity index (χ1n) is 3.00. The van der Waals surface area contributed by atoms with Gasteiger partial charge in [-0.2, -0.15) is 0 Å². The van der Waals surface area contributed by atoms with Crippen LogP contribution >= 0.6 is 0 Å². The highest BCUT2D eigenvalue weighted by atomic mass is 16.3. The van der Waals surface area contributed by atoms with Gasteiger partial charge in [0, 0.05) is 0 Å². The maximum absolute atomic E-state index is 10.7. The Morgan fingerprint density at radius 1 is 1.78 bits per heavy atom. The normalized spacial score (nSPS) is 16.9. The highest BCUT2D eigenvalue weighted by Gasteiger charge is 2.25. The minimum absolute atomic E-state index is 0.0825. The fourth-order valence-corrected chi connectivity index (χ4v) is 0.417. The third-order valence-corrected chi connectivity index (χ3v) is 1.47. The van der Waals surface area contributed by atoms with Gasteiger partial charge in [0.2, 0.25) is 0 Å². The van der Waals surface area contributed by atoms with E-state index in [-0.39, 0.29) is 12.3 Å². The van der Waals surface area contributed by atoms with E-state index < -0.39 is 5.60 Å². The van der Waals surface area contributed by atoms with Crippen molar-refractivity contribution in [3.8, 4) is 0 Å². The molecule has 0 aromatic heterocycles. The molecule has 3 nitrogen and oxygen atoms in total. The molecule has 0 heterocycles. The molecule has 0 aliphatic heterocycles. The van der Waals surface area contributed by atoms with Crippen molar-refractivity contribution >= 4 is 5.78 Å². The first kappa shape index (κ1) is 8.59. The Hall–Kier alpha value is -0.410. The molecule has 3 heteroatoms. The van der Waals surface area contributed by atoms with Crippen LogP contribution < -0.4 is 5.73 Å². The number of rotatable bonds is 3. The van der Waals surface area contributed by atoms with Gasteiger partial charge in [-0.05, 0) is 13.3 Å². The van der Waals surface area contributed by atoms with Gasteiger partial charge in [-0.25, -0.2) is 0 Å². The Balaban J connectivity index is 3.97. The summed E-state index contributed by atoms with van der Waals surface area (Å²) in [6.45, 7) is 3.14. The van der Waals surface area contributed by atoms with Crippen molar-refractivity contribution in [3.05, 3.63) is 0 Å². The number of hydrogen-bond donors (Lipinski definition) is 2. The molecular formula is C6H13NO2. The Bertz CT molecular complexity index is 110. The van der Waals surface area contributed by atoms with Crippen LogP contribution in [0.15, 0.2) is 0 Å². The van der Waals surface area contributed by atoms with Gasteiger partial charge in [-0.15, -0.1) is 0 Å². The van der Waals surface area contributed by atoms with Gasteiger partial charge in [0.15, 0.2) is 5.78 Å². The Kier molecular flexibility index (Phi) is 2.81. The fourth-order valence-electron chi connectivity index (χ4n) is 0.417. The van der Waals surface area contributed by atoms with E-state index in [1.807, 2.05) is 0 Å². The van der Waals surface area contributed by atoms with Crippen LogP contribution in [0.2, 0.25) is 0 Å². The topological polar surface area (TPSA) is 63.3 Å². The summed E-state index contributed by atoms with van der Waals surface area (Å²) >= 11 is 0. The van der Waals surface area contributed by atoms with E-state index in [0.717, 1.165) is 0 Å². The van der Waals surface area contributed by atoms with Gasteiger partial charge in [-0.3, -0.25) is 4.79 Å². The molecule has 0 spiro atoms. The van der Waals surface area contributed by atoms with Crippen molar-refractivity contribution in [2.45, 2.75) is 25.9 Å². The van der Waals surface area contributed by atoms with E-state index in [2.05, 4.69) is 0 Å². The van der Waals surface area contributed by atoms with Crippen LogP contribution in [0.4, 0.5) is 0 Å². The fraction of sp³-hybridized carbons (Fsp3) is 0.833. The number of Topliss-reactive ketones (excluding diaryl/α,β-unsaturated/α-hetero) is 1. The summed E-state index contributed by atoms with van der Waals surface area (Å²) < 4.78 is 0. The molecule has 0 fully saturated rings. The molecule has 0 aromatic carbocycles. The standard InChI is InChI=1S/C6H13NO2/c1-3-6(2,9)5(8)4-7/h9H,3-4,7H2,1-2H3/t6-/m0/s1. The van der Waals surface area contributed by atoms with Gasteiger partial charge in [0.25, 0.3) is 0 Å². The predicted octanol–water partition coefficient (Wildman–Crippen LogP) is -0.325.